The number of H-pyrrole nitrogens is 1. The van der Waals surface area contributed by atoms with Gasteiger partial charge in [0.25, 0.3) is 0 Å². The minimum atomic E-state index is -3.72. The molecule has 0 saturated carbocycles. The number of hydrogen-bond donors (Lipinski definition) is 3. The first-order valence-corrected chi connectivity index (χ1v) is 9.33. The quantitative estimate of drug-likeness (QED) is 0.649. The van der Waals surface area contributed by atoms with Crippen molar-refractivity contribution in [2.75, 3.05) is 5.32 Å². The first-order chi connectivity index (χ1) is 11.9. The number of hydrogen-bond acceptors (Lipinski definition) is 4. The predicted octanol–water partition coefficient (Wildman–Crippen LogP) is 2.62. The fourth-order valence-corrected chi connectivity index (χ4v) is 3.06. The number of aromatic amines is 1. The van der Waals surface area contributed by atoms with Crippen LogP contribution in [0.4, 0.5) is 5.69 Å². The molecule has 0 aliphatic rings. The second-order valence-electron chi connectivity index (χ2n) is 5.69. The topological polar surface area (TPSA) is 118 Å². The maximum absolute atomic E-state index is 11.8. The number of rotatable bonds is 5. The Morgan fingerprint density at radius 3 is 2.60 bits per heavy atom. The second kappa shape index (κ2) is 6.66. The largest absolute Gasteiger partial charge is 0.344 e. The van der Waals surface area contributed by atoms with Crippen molar-refractivity contribution in [2.24, 2.45) is 5.14 Å². The highest BCUT2D eigenvalue weighted by Crippen LogP contribution is 2.28. The third-order valence-electron chi connectivity index (χ3n) is 3.80. The summed E-state index contributed by atoms with van der Waals surface area (Å²) in [6.07, 6.45) is 4.62. The smallest absolute Gasteiger partial charge is 0.238 e. The van der Waals surface area contributed by atoms with E-state index >= 15 is 0 Å². The van der Waals surface area contributed by atoms with Crippen molar-refractivity contribution in [2.45, 2.75) is 24.7 Å². The van der Waals surface area contributed by atoms with Crippen molar-refractivity contribution < 1.29 is 13.2 Å². The highest BCUT2D eigenvalue weighted by molar-refractivity contribution is 7.89. The molecule has 0 atom stereocenters. The molecule has 2 aromatic heterocycles. The van der Waals surface area contributed by atoms with E-state index in [9.17, 15) is 13.2 Å². The fraction of sp³-hybridized carbons (Fsp3) is 0.176. The molecule has 0 radical (unpaired) electrons. The maximum atomic E-state index is 11.8. The van der Waals surface area contributed by atoms with Crippen molar-refractivity contribution in [3.8, 4) is 11.1 Å². The van der Waals surface area contributed by atoms with E-state index in [2.05, 4.69) is 15.3 Å². The van der Waals surface area contributed by atoms with Crippen LogP contribution in [0, 0.1) is 0 Å². The monoisotopic (exact) mass is 358 g/mol. The number of fused-ring (bicyclic) bond motifs is 1. The summed E-state index contributed by atoms with van der Waals surface area (Å²) in [6.45, 7) is 1.94. The van der Waals surface area contributed by atoms with E-state index in [-0.39, 0.29) is 10.8 Å². The number of nitrogens with two attached hydrogens (primary N) is 1. The minimum Gasteiger partial charge on any atom is -0.344 e. The number of carbonyl (C=O) groups is 1. The van der Waals surface area contributed by atoms with Crippen LogP contribution in [0.1, 0.15) is 19.8 Å². The zero-order valence-corrected chi connectivity index (χ0v) is 14.4. The first-order valence-electron chi connectivity index (χ1n) is 7.78. The number of primary sulfonamides is 1. The second-order valence-corrected chi connectivity index (χ2v) is 7.25. The van der Waals surface area contributed by atoms with Crippen molar-refractivity contribution >= 4 is 32.7 Å². The van der Waals surface area contributed by atoms with Crippen LogP contribution < -0.4 is 10.5 Å². The number of nitrogens with one attached hydrogen (secondary N) is 2. The maximum Gasteiger partial charge on any atom is 0.238 e. The van der Waals surface area contributed by atoms with E-state index in [0.717, 1.165) is 22.9 Å². The predicted molar refractivity (Wildman–Crippen MR) is 96.4 cm³/mol. The molecule has 130 valence electrons. The molecule has 2 heterocycles. The van der Waals surface area contributed by atoms with Crippen LogP contribution >= 0.6 is 0 Å². The van der Waals surface area contributed by atoms with Crippen LogP contribution in [0.3, 0.4) is 0 Å². The summed E-state index contributed by atoms with van der Waals surface area (Å²) in [7, 11) is -3.72. The number of nitrogens with zero attached hydrogens (tertiary/aromatic N) is 1. The molecule has 25 heavy (non-hydrogen) atoms. The van der Waals surface area contributed by atoms with Gasteiger partial charge in [-0.1, -0.05) is 19.1 Å². The molecule has 0 unspecified atom stereocenters. The summed E-state index contributed by atoms with van der Waals surface area (Å²) in [4.78, 5) is 19.3. The lowest BCUT2D eigenvalue weighted by Crippen LogP contribution is -2.11. The number of sulfonamides is 1. The standard InChI is InChI=1S/C17H18N4O3S/c1-2-3-16(22)21-15-10-20-17-14(15)8-12(9-19-17)11-4-6-13(7-5-11)25(18,23)24/h4-10H,2-3H2,1H3,(H,19,20)(H,21,22)(H2,18,23,24). The minimum absolute atomic E-state index is 0.0497. The number of benzene rings is 1. The lowest BCUT2D eigenvalue weighted by atomic mass is 10.1. The summed E-state index contributed by atoms with van der Waals surface area (Å²) in [6, 6.07) is 8.15. The fourth-order valence-electron chi connectivity index (χ4n) is 2.54. The van der Waals surface area contributed by atoms with E-state index in [4.69, 9.17) is 5.14 Å². The van der Waals surface area contributed by atoms with Crippen LogP contribution in [0.15, 0.2) is 47.6 Å². The summed E-state index contributed by atoms with van der Waals surface area (Å²) in [5, 5.41) is 8.77. The molecule has 0 aliphatic heterocycles. The van der Waals surface area contributed by atoms with E-state index < -0.39 is 10.0 Å². The van der Waals surface area contributed by atoms with E-state index in [1.807, 2.05) is 13.0 Å². The first kappa shape index (κ1) is 17.1. The van der Waals surface area contributed by atoms with Gasteiger partial charge in [0.2, 0.25) is 15.9 Å². The normalized spacial score (nSPS) is 11.6. The highest BCUT2D eigenvalue weighted by Gasteiger charge is 2.11. The van der Waals surface area contributed by atoms with Crippen molar-refractivity contribution in [1.82, 2.24) is 9.97 Å². The highest BCUT2D eigenvalue weighted by atomic mass is 32.2. The zero-order chi connectivity index (χ0) is 18.0. The molecule has 4 N–H and O–H groups in total. The molecule has 0 saturated heterocycles. The molecular formula is C17H18N4O3S. The molecule has 8 heteroatoms. The Morgan fingerprint density at radius 1 is 1.24 bits per heavy atom. The SMILES string of the molecule is CCCC(=O)Nc1c[nH]c2ncc(-c3ccc(S(N)(=O)=O)cc3)cc12. The Morgan fingerprint density at radius 2 is 1.96 bits per heavy atom. The molecular weight excluding hydrogens is 340 g/mol. The third kappa shape index (κ3) is 3.70. The molecule has 0 fully saturated rings. The zero-order valence-electron chi connectivity index (χ0n) is 13.6. The van der Waals surface area contributed by atoms with Gasteiger partial charge in [0, 0.05) is 29.8 Å². The lowest BCUT2D eigenvalue weighted by molar-refractivity contribution is -0.116. The number of aromatic nitrogens is 2. The van der Waals surface area contributed by atoms with Gasteiger partial charge in [-0.15, -0.1) is 0 Å². The van der Waals surface area contributed by atoms with Gasteiger partial charge < -0.3 is 10.3 Å². The number of amides is 1. The Labute approximate surface area is 145 Å². The van der Waals surface area contributed by atoms with Gasteiger partial charge in [-0.25, -0.2) is 18.5 Å². The van der Waals surface area contributed by atoms with Crippen LogP contribution in [0.5, 0.6) is 0 Å². The van der Waals surface area contributed by atoms with E-state index in [1.165, 1.54) is 12.1 Å². The van der Waals surface area contributed by atoms with Crippen molar-refractivity contribution in [3.63, 3.8) is 0 Å². The average molecular weight is 358 g/mol. The van der Waals surface area contributed by atoms with Gasteiger partial charge in [-0.3, -0.25) is 4.79 Å². The third-order valence-corrected chi connectivity index (χ3v) is 4.73. The van der Waals surface area contributed by atoms with Gasteiger partial charge in [0.1, 0.15) is 5.65 Å². The Balaban J connectivity index is 1.96. The molecule has 0 aliphatic carbocycles. The Kier molecular flexibility index (Phi) is 4.56. The van der Waals surface area contributed by atoms with Crippen LogP contribution in [-0.4, -0.2) is 24.3 Å². The number of pyridine rings is 1. The molecule has 7 nitrogen and oxygen atoms in total. The van der Waals surface area contributed by atoms with Crippen molar-refractivity contribution in [1.29, 1.82) is 0 Å². The van der Waals surface area contributed by atoms with Gasteiger partial charge in [-0.05, 0) is 30.2 Å². The summed E-state index contributed by atoms with van der Waals surface area (Å²) in [5.41, 5.74) is 2.94. The molecule has 3 aromatic rings. The number of carbonyl (C=O) groups excluding carboxylic acids is 1. The van der Waals surface area contributed by atoms with Crippen molar-refractivity contribution in [3.05, 3.63) is 42.7 Å². The van der Waals surface area contributed by atoms with E-state index in [0.29, 0.717) is 17.8 Å². The summed E-state index contributed by atoms with van der Waals surface area (Å²) >= 11 is 0. The Hall–Kier alpha value is -2.71. The van der Waals surface area contributed by atoms with Crippen LogP contribution in [0.2, 0.25) is 0 Å². The van der Waals surface area contributed by atoms with E-state index in [1.54, 1.807) is 24.5 Å². The molecule has 3 rings (SSSR count). The Bertz CT molecular complexity index is 1020. The van der Waals surface area contributed by atoms with Gasteiger partial charge >= 0.3 is 0 Å². The van der Waals surface area contributed by atoms with Gasteiger partial charge in [0.15, 0.2) is 0 Å². The molecule has 0 bridgehead atoms. The molecule has 1 amide bonds. The van der Waals surface area contributed by atoms with Crippen LogP contribution in [0.25, 0.3) is 22.2 Å². The van der Waals surface area contributed by atoms with Gasteiger partial charge in [-0.2, -0.15) is 0 Å². The average Bonchev–Trinajstić information content (AvgIpc) is 2.96. The summed E-state index contributed by atoms with van der Waals surface area (Å²) < 4.78 is 22.7. The molecule has 1 aromatic carbocycles. The van der Waals surface area contributed by atoms with Gasteiger partial charge in [0.05, 0.1) is 10.6 Å². The lowest BCUT2D eigenvalue weighted by Gasteiger charge is -2.05. The molecule has 0 spiro atoms. The van der Waals surface area contributed by atoms with Crippen LogP contribution in [-0.2, 0) is 14.8 Å². The summed E-state index contributed by atoms with van der Waals surface area (Å²) in [5.74, 6) is -0.0497. The number of anilines is 1.